The van der Waals surface area contributed by atoms with Gasteiger partial charge in [0.1, 0.15) is 12.4 Å². The lowest BCUT2D eigenvalue weighted by molar-refractivity contribution is -0.115. The lowest BCUT2D eigenvalue weighted by Gasteiger charge is -2.13. The minimum atomic E-state index is -0.243. The molecule has 0 aliphatic carbocycles. The van der Waals surface area contributed by atoms with E-state index < -0.39 is 0 Å². The van der Waals surface area contributed by atoms with E-state index in [0.29, 0.717) is 48.9 Å². The van der Waals surface area contributed by atoms with E-state index in [0.717, 1.165) is 5.56 Å². The summed E-state index contributed by atoms with van der Waals surface area (Å²) in [6, 6.07) is 12.4. The number of benzene rings is 2. The fraction of sp³-hybridized carbons (Fsp3) is 0.333. The van der Waals surface area contributed by atoms with Gasteiger partial charge in [0, 0.05) is 30.0 Å². The molecule has 2 aromatic rings. The van der Waals surface area contributed by atoms with Crippen molar-refractivity contribution in [3.05, 3.63) is 53.6 Å². The summed E-state index contributed by atoms with van der Waals surface area (Å²) in [7, 11) is 0. The quantitative estimate of drug-likeness (QED) is 0.654. The van der Waals surface area contributed by atoms with Gasteiger partial charge < -0.3 is 20.1 Å². The van der Waals surface area contributed by atoms with Crippen molar-refractivity contribution < 1.29 is 19.1 Å². The number of rotatable bonds is 9. The Morgan fingerprint density at radius 3 is 2.37 bits per heavy atom. The van der Waals surface area contributed by atoms with Crippen LogP contribution in [0.25, 0.3) is 0 Å². The van der Waals surface area contributed by atoms with Crippen molar-refractivity contribution in [2.24, 2.45) is 0 Å². The summed E-state index contributed by atoms with van der Waals surface area (Å²) in [5.41, 5.74) is 2.63. The number of anilines is 2. The van der Waals surface area contributed by atoms with Crippen LogP contribution in [0, 0.1) is 6.92 Å². The van der Waals surface area contributed by atoms with Crippen LogP contribution in [0.2, 0.25) is 0 Å². The van der Waals surface area contributed by atoms with Gasteiger partial charge in [0.05, 0.1) is 6.61 Å². The van der Waals surface area contributed by atoms with Gasteiger partial charge in [-0.1, -0.05) is 19.1 Å². The fourth-order valence-electron chi connectivity index (χ4n) is 2.43. The molecule has 2 aromatic carbocycles. The first-order chi connectivity index (χ1) is 13.0. The predicted molar refractivity (Wildman–Crippen MR) is 106 cm³/mol. The lowest BCUT2D eigenvalue weighted by atomic mass is 10.1. The van der Waals surface area contributed by atoms with E-state index in [4.69, 9.17) is 9.47 Å². The van der Waals surface area contributed by atoms with Gasteiger partial charge in [0.15, 0.2) is 0 Å². The second kappa shape index (κ2) is 10.3. The van der Waals surface area contributed by atoms with E-state index in [-0.39, 0.29) is 11.8 Å². The highest BCUT2D eigenvalue weighted by atomic mass is 16.5. The monoisotopic (exact) mass is 370 g/mol. The van der Waals surface area contributed by atoms with Gasteiger partial charge in [-0.05, 0) is 49.7 Å². The molecule has 0 atom stereocenters. The maximum atomic E-state index is 12.6. The molecule has 0 aliphatic rings. The van der Waals surface area contributed by atoms with Crippen LogP contribution in [-0.2, 0) is 9.53 Å². The van der Waals surface area contributed by atoms with Gasteiger partial charge in [-0.15, -0.1) is 0 Å². The van der Waals surface area contributed by atoms with E-state index in [1.165, 1.54) is 0 Å². The first kappa shape index (κ1) is 20.5. The van der Waals surface area contributed by atoms with Gasteiger partial charge in [-0.3, -0.25) is 9.59 Å². The Labute approximate surface area is 159 Å². The molecule has 6 nitrogen and oxygen atoms in total. The van der Waals surface area contributed by atoms with Crippen molar-refractivity contribution in [2.45, 2.75) is 27.2 Å². The number of carbonyl (C=O) groups excluding carboxylic acids is 2. The summed E-state index contributed by atoms with van der Waals surface area (Å²) in [5.74, 6) is 0.300. The molecule has 144 valence electrons. The van der Waals surface area contributed by atoms with Crippen LogP contribution in [0.5, 0.6) is 5.75 Å². The average Bonchev–Trinajstić information content (AvgIpc) is 2.68. The van der Waals surface area contributed by atoms with Crippen molar-refractivity contribution in [1.82, 2.24) is 0 Å². The summed E-state index contributed by atoms with van der Waals surface area (Å²) in [6.07, 6.45) is 0.395. The summed E-state index contributed by atoms with van der Waals surface area (Å²) < 4.78 is 10.8. The first-order valence-corrected chi connectivity index (χ1v) is 9.06. The zero-order valence-electron chi connectivity index (χ0n) is 16.0. The summed E-state index contributed by atoms with van der Waals surface area (Å²) in [4.78, 5) is 24.2. The largest absolute Gasteiger partial charge is 0.491 e. The standard InChI is InChI=1S/C21H26N2O4/c1-4-20(24)22-18-10-7-11-19(15(18)3)23-21(25)16-8-6-9-17(14-16)27-13-12-26-5-2/h6-11,14H,4-5,12-13H2,1-3H3,(H,22,24)(H,23,25). The number of carbonyl (C=O) groups is 2. The van der Waals surface area contributed by atoms with Gasteiger partial charge in [-0.2, -0.15) is 0 Å². The van der Waals surface area contributed by atoms with E-state index in [2.05, 4.69) is 10.6 Å². The molecule has 6 heteroatoms. The van der Waals surface area contributed by atoms with Crippen LogP contribution in [0.3, 0.4) is 0 Å². The number of amides is 2. The molecule has 2 rings (SSSR count). The molecule has 2 N–H and O–H groups in total. The Morgan fingerprint density at radius 1 is 0.963 bits per heavy atom. The van der Waals surface area contributed by atoms with Crippen LogP contribution in [0.1, 0.15) is 36.2 Å². The van der Waals surface area contributed by atoms with E-state index in [1.54, 1.807) is 43.3 Å². The minimum absolute atomic E-state index is 0.0709. The van der Waals surface area contributed by atoms with Crippen molar-refractivity contribution in [3.63, 3.8) is 0 Å². The highest BCUT2D eigenvalue weighted by Crippen LogP contribution is 2.24. The number of hydrogen-bond acceptors (Lipinski definition) is 4. The molecule has 0 unspecified atom stereocenters. The Morgan fingerprint density at radius 2 is 1.67 bits per heavy atom. The molecular weight excluding hydrogens is 344 g/mol. The van der Waals surface area contributed by atoms with Crippen molar-refractivity contribution >= 4 is 23.2 Å². The smallest absolute Gasteiger partial charge is 0.255 e. The van der Waals surface area contributed by atoms with Crippen LogP contribution in [0.4, 0.5) is 11.4 Å². The maximum Gasteiger partial charge on any atom is 0.255 e. The average molecular weight is 370 g/mol. The minimum Gasteiger partial charge on any atom is -0.491 e. The molecule has 0 saturated heterocycles. The van der Waals surface area contributed by atoms with E-state index >= 15 is 0 Å². The SMILES string of the molecule is CCOCCOc1cccc(C(=O)Nc2cccc(NC(=O)CC)c2C)c1. The molecule has 27 heavy (non-hydrogen) atoms. The molecular formula is C21H26N2O4. The molecule has 0 bridgehead atoms. The van der Waals surface area contributed by atoms with Crippen molar-refractivity contribution in [1.29, 1.82) is 0 Å². The highest BCUT2D eigenvalue weighted by Gasteiger charge is 2.11. The second-order valence-electron chi connectivity index (χ2n) is 5.91. The molecule has 0 fully saturated rings. The molecule has 0 saturated carbocycles. The zero-order valence-corrected chi connectivity index (χ0v) is 16.0. The molecule has 0 radical (unpaired) electrons. The Bertz CT molecular complexity index is 790. The summed E-state index contributed by atoms with van der Waals surface area (Å²) >= 11 is 0. The number of ether oxygens (including phenoxy) is 2. The third-order valence-electron chi connectivity index (χ3n) is 3.97. The third-order valence-corrected chi connectivity index (χ3v) is 3.97. The lowest BCUT2D eigenvalue weighted by Crippen LogP contribution is -2.15. The normalized spacial score (nSPS) is 10.3. The summed E-state index contributed by atoms with van der Waals surface area (Å²) in [5, 5.41) is 5.73. The van der Waals surface area contributed by atoms with Gasteiger partial charge >= 0.3 is 0 Å². The van der Waals surface area contributed by atoms with Crippen LogP contribution >= 0.6 is 0 Å². The second-order valence-corrected chi connectivity index (χ2v) is 5.91. The van der Waals surface area contributed by atoms with Gasteiger partial charge in [0.2, 0.25) is 5.91 Å². The van der Waals surface area contributed by atoms with Gasteiger partial charge in [-0.25, -0.2) is 0 Å². The van der Waals surface area contributed by atoms with E-state index in [1.807, 2.05) is 19.9 Å². The predicted octanol–water partition coefficient (Wildman–Crippen LogP) is 4.01. The molecule has 0 spiro atoms. The van der Waals surface area contributed by atoms with Gasteiger partial charge in [0.25, 0.3) is 5.91 Å². The third kappa shape index (κ3) is 6.11. The Balaban J connectivity index is 2.06. The van der Waals surface area contributed by atoms with E-state index in [9.17, 15) is 9.59 Å². The number of hydrogen-bond donors (Lipinski definition) is 2. The van der Waals surface area contributed by atoms with Crippen LogP contribution < -0.4 is 15.4 Å². The Kier molecular flexibility index (Phi) is 7.82. The fourth-order valence-corrected chi connectivity index (χ4v) is 2.43. The molecule has 0 aliphatic heterocycles. The Hall–Kier alpha value is -2.86. The first-order valence-electron chi connectivity index (χ1n) is 9.06. The topological polar surface area (TPSA) is 76.7 Å². The summed E-state index contributed by atoms with van der Waals surface area (Å²) in [6.45, 7) is 7.14. The van der Waals surface area contributed by atoms with Crippen molar-refractivity contribution in [3.8, 4) is 5.75 Å². The highest BCUT2D eigenvalue weighted by molar-refractivity contribution is 6.05. The van der Waals surface area contributed by atoms with Crippen LogP contribution in [-0.4, -0.2) is 31.6 Å². The molecule has 0 heterocycles. The number of nitrogens with one attached hydrogen (secondary N) is 2. The van der Waals surface area contributed by atoms with Crippen molar-refractivity contribution in [2.75, 3.05) is 30.5 Å². The maximum absolute atomic E-state index is 12.6. The molecule has 0 aromatic heterocycles. The molecule has 2 amide bonds. The van der Waals surface area contributed by atoms with Crippen LogP contribution in [0.15, 0.2) is 42.5 Å². The zero-order chi connectivity index (χ0) is 19.6.